The van der Waals surface area contributed by atoms with Gasteiger partial charge in [-0.3, -0.25) is 4.79 Å². The summed E-state index contributed by atoms with van der Waals surface area (Å²) in [5, 5.41) is 13.1. The number of hydrogen-bond donors (Lipinski definition) is 3. The maximum absolute atomic E-state index is 10.9. The first-order valence-corrected chi connectivity index (χ1v) is 3.00. The van der Waals surface area contributed by atoms with Gasteiger partial charge < -0.3 is 22.0 Å². The second kappa shape index (κ2) is 2.91. The summed E-state index contributed by atoms with van der Waals surface area (Å²) in [7, 11) is 0. The van der Waals surface area contributed by atoms with E-state index in [1.54, 1.807) is 0 Å². The van der Waals surface area contributed by atoms with Gasteiger partial charge in [-0.15, -0.1) is 4.98 Å². The van der Waals surface area contributed by atoms with Gasteiger partial charge in [0.2, 0.25) is 12.2 Å². The van der Waals surface area contributed by atoms with Crippen molar-refractivity contribution in [2.45, 2.75) is 0 Å². The van der Waals surface area contributed by atoms with E-state index in [4.69, 9.17) is 11.5 Å². The highest BCUT2D eigenvalue weighted by Crippen LogP contribution is 2.10. The fourth-order valence-corrected chi connectivity index (χ4v) is 0.657. The minimum Gasteiger partial charge on any atom is -0.754 e. The smallest absolute Gasteiger partial charge is 0.344 e. The van der Waals surface area contributed by atoms with Crippen LogP contribution in [0, 0.1) is 5.21 Å². The summed E-state index contributed by atoms with van der Waals surface area (Å²) < 4.78 is 0.228. The van der Waals surface area contributed by atoms with Crippen molar-refractivity contribution in [2.24, 2.45) is 0 Å². The molecule has 1 aromatic rings. The van der Waals surface area contributed by atoms with Crippen molar-refractivity contribution in [1.29, 1.82) is 0 Å². The third kappa shape index (κ3) is 1.19. The van der Waals surface area contributed by atoms with E-state index in [2.05, 4.69) is 10.3 Å². The lowest BCUT2D eigenvalue weighted by Gasteiger charge is -2.10. The molecule has 1 rings (SSSR count). The minimum atomic E-state index is -0.260. The number of nitrogens with one attached hydrogen (secondary N) is 1. The van der Waals surface area contributed by atoms with E-state index in [0.717, 1.165) is 0 Å². The first kappa shape index (κ1) is 8.05. The number of nitrogens with two attached hydrogens (primary N) is 2. The van der Waals surface area contributed by atoms with Gasteiger partial charge in [-0.25, -0.2) is 4.73 Å². The second-order valence-electron chi connectivity index (χ2n) is 1.97. The van der Waals surface area contributed by atoms with E-state index >= 15 is 0 Å². The van der Waals surface area contributed by atoms with Crippen molar-refractivity contribution in [1.82, 2.24) is 4.98 Å². The number of nitrogens with zero attached hydrogens (tertiary/aromatic N) is 2. The van der Waals surface area contributed by atoms with E-state index < -0.39 is 0 Å². The van der Waals surface area contributed by atoms with Gasteiger partial charge in [0.25, 0.3) is 0 Å². The van der Waals surface area contributed by atoms with Crippen molar-refractivity contribution in [2.75, 3.05) is 16.8 Å². The molecule has 0 saturated carbocycles. The molecule has 0 atom stereocenters. The van der Waals surface area contributed by atoms with Crippen LogP contribution in [0.5, 0.6) is 0 Å². The van der Waals surface area contributed by atoms with Crippen molar-refractivity contribution < 1.29 is 9.52 Å². The van der Waals surface area contributed by atoms with Crippen LogP contribution in [0.25, 0.3) is 0 Å². The van der Waals surface area contributed by atoms with Crippen LogP contribution in [-0.2, 0) is 4.79 Å². The molecule has 64 valence electrons. The molecule has 0 aliphatic rings. The van der Waals surface area contributed by atoms with E-state index in [0.29, 0.717) is 6.41 Å². The molecule has 1 amide bonds. The zero-order valence-electron chi connectivity index (χ0n) is 6.02. The Morgan fingerprint density at radius 1 is 1.67 bits per heavy atom. The lowest BCUT2D eigenvalue weighted by Crippen LogP contribution is -2.36. The highest BCUT2D eigenvalue weighted by Gasteiger charge is 2.07. The molecule has 1 aromatic heterocycles. The van der Waals surface area contributed by atoms with Crippen molar-refractivity contribution in [3.63, 3.8) is 0 Å². The summed E-state index contributed by atoms with van der Waals surface area (Å²) in [6.07, 6.45) is 1.59. The number of carbonyl (C=O) groups excluding carboxylic acids is 1. The molecule has 0 aromatic carbocycles. The molecule has 1 heterocycles. The average Bonchev–Trinajstić information content (AvgIpc) is 2.07. The molecule has 7 nitrogen and oxygen atoms in total. The molecule has 0 aliphatic heterocycles. The summed E-state index contributed by atoms with van der Waals surface area (Å²) in [5.41, 5.74) is 10.5. The van der Waals surface area contributed by atoms with E-state index in [1.165, 1.54) is 6.20 Å². The van der Waals surface area contributed by atoms with Crippen LogP contribution in [-0.4, -0.2) is 11.4 Å². The van der Waals surface area contributed by atoms with Gasteiger partial charge >= 0.3 is 5.95 Å². The van der Waals surface area contributed by atoms with Gasteiger partial charge in [-0.05, 0) is 0 Å². The number of rotatable bonds is 2. The van der Waals surface area contributed by atoms with Gasteiger partial charge in [0.15, 0.2) is 0 Å². The van der Waals surface area contributed by atoms with Crippen molar-refractivity contribution >= 4 is 23.9 Å². The SMILES string of the molecule is Nc1ncc(NC=O)c(N)[n+]1[O-]. The predicted octanol–water partition coefficient (Wildman–Crippen LogP) is -1.55. The van der Waals surface area contributed by atoms with Gasteiger partial charge in [-0.2, -0.15) is 0 Å². The average molecular weight is 169 g/mol. The fraction of sp³-hybridized carbons (Fsp3) is 0. The Hall–Kier alpha value is -2.05. The summed E-state index contributed by atoms with van der Waals surface area (Å²) in [4.78, 5) is 13.5. The second-order valence-corrected chi connectivity index (χ2v) is 1.97. The highest BCUT2D eigenvalue weighted by atomic mass is 16.5. The Kier molecular flexibility index (Phi) is 1.95. The number of carbonyl (C=O) groups is 1. The van der Waals surface area contributed by atoms with E-state index in [9.17, 15) is 10.0 Å². The van der Waals surface area contributed by atoms with Gasteiger partial charge in [0, 0.05) is 0 Å². The van der Waals surface area contributed by atoms with Crippen LogP contribution in [0.2, 0.25) is 0 Å². The molecule has 0 radical (unpaired) electrons. The normalized spacial score (nSPS) is 9.33. The lowest BCUT2D eigenvalue weighted by molar-refractivity contribution is -0.576. The molecule has 0 bridgehead atoms. The molecule has 0 fully saturated rings. The van der Waals surface area contributed by atoms with Crippen LogP contribution in [0.1, 0.15) is 0 Å². The lowest BCUT2D eigenvalue weighted by atomic mass is 10.5. The molecular formula is C5H7N5O2. The van der Waals surface area contributed by atoms with Gasteiger partial charge in [0.1, 0.15) is 11.9 Å². The van der Waals surface area contributed by atoms with Crippen molar-refractivity contribution in [3.05, 3.63) is 11.4 Å². The Morgan fingerprint density at radius 3 is 2.92 bits per heavy atom. The van der Waals surface area contributed by atoms with Crippen molar-refractivity contribution in [3.8, 4) is 0 Å². The van der Waals surface area contributed by atoms with Crippen LogP contribution < -0.4 is 21.5 Å². The Morgan fingerprint density at radius 2 is 2.33 bits per heavy atom. The summed E-state index contributed by atoms with van der Waals surface area (Å²) in [6, 6.07) is 0. The molecule has 0 unspecified atom stereocenters. The first-order valence-electron chi connectivity index (χ1n) is 3.00. The molecular weight excluding hydrogens is 162 g/mol. The Balaban J connectivity index is 3.16. The van der Waals surface area contributed by atoms with Crippen LogP contribution in [0.3, 0.4) is 0 Å². The van der Waals surface area contributed by atoms with E-state index in [1.807, 2.05) is 0 Å². The first-order chi connectivity index (χ1) is 5.66. The number of nitrogen functional groups attached to an aromatic ring is 2. The quantitative estimate of drug-likeness (QED) is 0.281. The highest BCUT2D eigenvalue weighted by molar-refractivity contribution is 5.76. The summed E-state index contributed by atoms with van der Waals surface area (Å²) in [5.74, 6) is -0.446. The predicted molar refractivity (Wildman–Crippen MR) is 41.7 cm³/mol. The topological polar surface area (TPSA) is 121 Å². The zero-order valence-corrected chi connectivity index (χ0v) is 6.02. The standard InChI is InChI=1S/C5H7N5O2/c6-4-3(9-2-11)1-8-5(7)10(4)12/h1-2H,6H2,(H2,7,8)(H,9,11). The molecule has 0 saturated heterocycles. The molecule has 5 N–H and O–H groups in total. The summed E-state index contributed by atoms with van der Waals surface area (Å²) in [6.45, 7) is 0. The molecule has 7 heteroatoms. The van der Waals surface area contributed by atoms with Crippen LogP contribution in [0.15, 0.2) is 6.20 Å². The number of hydrogen-bond acceptors (Lipinski definition) is 5. The zero-order chi connectivity index (χ0) is 9.14. The number of aromatic nitrogens is 2. The Bertz CT molecular complexity index is 313. The van der Waals surface area contributed by atoms with Gasteiger partial charge in [-0.1, -0.05) is 0 Å². The van der Waals surface area contributed by atoms with E-state index in [-0.39, 0.29) is 22.2 Å². The molecule has 0 spiro atoms. The maximum atomic E-state index is 10.9. The molecule has 12 heavy (non-hydrogen) atoms. The largest absolute Gasteiger partial charge is 0.754 e. The Labute approximate surface area is 67.6 Å². The maximum Gasteiger partial charge on any atom is 0.344 e. The number of anilines is 3. The monoisotopic (exact) mass is 169 g/mol. The van der Waals surface area contributed by atoms with Gasteiger partial charge in [0.05, 0.1) is 0 Å². The number of amides is 1. The third-order valence-corrected chi connectivity index (χ3v) is 1.24. The molecule has 0 aliphatic carbocycles. The fourth-order valence-electron chi connectivity index (χ4n) is 0.657. The van der Waals surface area contributed by atoms with Crippen LogP contribution >= 0.6 is 0 Å². The summed E-state index contributed by atoms with van der Waals surface area (Å²) >= 11 is 0. The van der Waals surface area contributed by atoms with Crippen LogP contribution in [0.4, 0.5) is 17.5 Å². The third-order valence-electron chi connectivity index (χ3n) is 1.24. The minimum absolute atomic E-state index is 0.134.